The molecule has 1 amide bonds. The largest absolute Gasteiger partial charge is 0.401 e. The quantitative estimate of drug-likeness (QED) is 0.419. The maximum Gasteiger partial charge on any atom is 0.401 e. The number of benzene rings is 3. The maximum absolute atomic E-state index is 12.7. The lowest BCUT2D eigenvalue weighted by molar-refractivity contribution is -0.148. The lowest BCUT2D eigenvalue weighted by Crippen LogP contribution is -2.46. The number of hydrogen-bond donors (Lipinski definition) is 2. The van der Waals surface area contributed by atoms with Crippen molar-refractivity contribution in [1.29, 1.82) is 0 Å². The summed E-state index contributed by atoms with van der Waals surface area (Å²) >= 11 is 0. The molecule has 4 nitrogen and oxygen atoms in total. The van der Waals surface area contributed by atoms with E-state index >= 15 is 0 Å². The van der Waals surface area contributed by atoms with Crippen LogP contribution in [0.25, 0.3) is 11.1 Å². The van der Waals surface area contributed by atoms with Crippen molar-refractivity contribution >= 4 is 11.6 Å². The van der Waals surface area contributed by atoms with Crippen LogP contribution >= 0.6 is 0 Å². The highest BCUT2D eigenvalue weighted by Crippen LogP contribution is 2.42. The second-order valence-corrected chi connectivity index (χ2v) is 9.80. The first kappa shape index (κ1) is 24.5. The molecule has 3 aromatic rings. The van der Waals surface area contributed by atoms with E-state index in [2.05, 4.69) is 10.6 Å². The molecule has 2 atom stereocenters. The Balaban J connectivity index is 1.09. The van der Waals surface area contributed by atoms with Crippen LogP contribution in [-0.4, -0.2) is 48.7 Å². The number of hydrogen-bond acceptors (Lipinski definition) is 3. The Morgan fingerprint density at radius 3 is 2.14 bits per heavy atom. The van der Waals surface area contributed by atoms with Gasteiger partial charge in [-0.2, -0.15) is 13.2 Å². The summed E-state index contributed by atoms with van der Waals surface area (Å²) < 4.78 is 37.7. The summed E-state index contributed by atoms with van der Waals surface area (Å²) in [6.07, 6.45) is -1.60. The topological polar surface area (TPSA) is 44.4 Å². The first-order valence-corrected chi connectivity index (χ1v) is 12.5. The van der Waals surface area contributed by atoms with E-state index < -0.39 is 12.7 Å². The molecule has 1 heterocycles. The minimum absolute atomic E-state index is 0.148. The van der Waals surface area contributed by atoms with Gasteiger partial charge in [-0.15, -0.1) is 0 Å². The van der Waals surface area contributed by atoms with Crippen molar-refractivity contribution in [1.82, 2.24) is 10.2 Å². The van der Waals surface area contributed by atoms with Crippen molar-refractivity contribution in [2.75, 3.05) is 25.0 Å². The monoisotopic (exact) mass is 493 g/mol. The van der Waals surface area contributed by atoms with E-state index in [0.717, 1.165) is 36.1 Å². The van der Waals surface area contributed by atoms with Crippen molar-refractivity contribution < 1.29 is 18.0 Å². The van der Waals surface area contributed by atoms with E-state index in [1.165, 1.54) is 10.5 Å². The van der Waals surface area contributed by atoms with Crippen LogP contribution in [0.3, 0.4) is 0 Å². The van der Waals surface area contributed by atoms with E-state index in [1.807, 2.05) is 78.9 Å². The number of carbonyl (C=O) groups is 1. The smallest absolute Gasteiger partial charge is 0.322 e. The highest BCUT2D eigenvalue weighted by atomic mass is 19.4. The summed E-state index contributed by atoms with van der Waals surface area (Å²) in [7, 11) is 0. The fourth-order valence-corrected chi connectivity index (χ4v) is 5.02. The third kappa shape index (κ3) is 6.33. The van der Waals surface area contributed by atoms with E-state index in [4.69, 9.17) is 0 Å². The molecule has 5 rings (SSSR count). The number of likely N-dealkylation sites (tertiary alicyclic amines) is 1. The van der Waals surface area contributed by atoms with E-state index in [9.17, 15) is 18.0 Å². The van der Waals surface area contributed by atoms with Gasteiger partial charge >= 0.3 is 6.18 Å². The first-order chi connectivity index (χ1) is 17.3. The third-order valence-corrected chi connectivity index (χ3v) is 7.08. The Hall–Kier alpha value is -3.16. The Kier molecular flexibility index (Phi) is 7.12. The fraction of sp³-hybridized carbons (Fsp3) is 0.345. The fourth-order valence-electron chi connectivity index (χ4n) is 5.02. The zero-order valence-corrected chi connectivity index (χ0v) is 20.0. The number of alkyl halides is 3. The first-order valence-electron chi connectivity index (χ1n) is 12.5. The van der Waals surface area contributed by atoms with Crippen molar-refractivity contribution in [2.45, 2.75) is 43.4 Å². The van der Waals surface area contributed by atoms with Gasteiger partial charge in [0.2, 0.25) is 0 Å². The molecule has 1 aliphatic carbocycles. The molecule has 188 valence electrons. The van der Waals surface area contributed by atoms with Gasteiger partial charge in [0.1, 0.15) is 0 Å². The molecule has 2 N–H and O–H groups in total. The molecule has 36 heavy (non-hydrogen) atoms. The summed E-state index contributed by atoms with van der Waals surface area (Å²) in [5.41, 5.74) is 4.74. The van der Waals surface area contributed by atoms with Crippen molar-refractivity contribution in [2.24, 2.45) is 0 Å². The number of halogens is 3. The molecule has 3 aromatic carbocycles. The van der Waals surface area contributed by atoms with E-state index in [0.29, 0.717) is 30.6 Å². The number of nitrogens with one attached hydrogen (secondary N) is 2. The average Bonchev–Trinajstić information content (AvgIpc) is 3.64. The maximum atomic E-state index is 12.7. The Morgan fingerprint density at radius 2 is 1.50 bits per heavy atom. The van der Waals surface area contributed by atoms with Crippen LogP contribution in [0, 0.1) is 0 Å². The molecule has 1 saturated carbocycles. The Bertz CT molecular complexity index is 1160. The van der Waals surface area contributed by atoms with Gasteiger partial charge in [-0.1, -0.05) is 54.6 Å². The normalized spacial score (nSPS) is 20.8. The number of rotatable bonds is 7. The summed E-state index contributed by atoms with van der Waals surface area (Å²) in [4.78, 5) is 14.2. The van der Waals surface area contributed by atoms with Gasteiger partial charge in [-0.05, 0) is 73.3 Å². The van der Waals surface area contributed by atoms with Gasteiger partial charge in [-0.3, -0.25) is 9.69 Å². The highest BCUT2D eigenvalue weighted by molar-refractivity contribution is 6.04. The number of anilines is 1. The number of piperidine rings is 1. The number of amides is 1. The van der Waals surface area contributed by atoms with Crippen molar-refractivity contribution in [3.05, 3.63) is 90.0 Å². The van der Waals surface area contributed by atoms with Gasteiger partial charge in [0.15, 0.2) is 0 Å². The molecule has 7 heteroatoms. The van der Waals surface area contributed by atoms with Gasteiger partial charge in [-0.25, -0.2) is 0 Å². The van der Waals surface area contributed by atoms with E-state index in [-0.39, 0.29) is 11.9 Å². The highest BCUT2D eigenvalue weighted by Gasteiger charge is 2.40. The molecule has 1 saturated heterocycles. The van der Waals surface area contributed by atoms with Crippen LogP contribution in [0.4, 0.5) is 18.9 Å². The molecule has 0 radical (unpaired) electrons. The second kappa shape index (κ2) is 10.4. The molecule has 2 fully saturated rings. The molecule has 0 bridgehead atoms. The van der Waals surface area contributed by atoms with Crippen LogP contribution < -0.4 is 10.6 Å². The molecule has 0 spiro atoms. The second-order valence-electron chi connectivity index (χ2n) is 9.80. The molecule has 0 unspecified atom stereocenters. The van der Waals surface area contributed by atoms with Crippen LogP contribution in [0.2, 0.25) is 0 Å². The van der Waals surface area contributed by atoms with Gasteiger partial charge in [0, 0.05) is 29.3 Å². The number of carbonyl (C=O) groups excluding carboxylic acids is 1. The van der Waals surface area contributed by atoms with Crippen LogP contribution in [0.5, 0.6) is 0 Å². The van der Waals surface area contributed by atoms with Gasteiger partial charge in [0.25, 0.3) is 5.91 Å². The summed E-state index contributed by atoms with van der Waals surface area (Å²) in [6.45, 7) is 0.156. The molecule has 2 aliphatic rings. The Morgan fingerprint density at radius 1 is 0.861 bits per heavy atom. The lowest BCUT2D eigenvalue weighted by Gasteiger charge is -2.33. The summed E-state index contributed by atoms with van der Waals surface area (Å²) in [5.74, 6) is 0.263. The Labute approximate surface area is 209 Å². The third-order valence-electron chi connectivity index (χ3n) is 7.08. The average molecular weight is 494 g/mol. The van der Waals surface area contributed by atoms with Crippen LogP contribution in [-0.2, 0) is 0 Å². The van der Waals surface area contributed by atoms with Crippen LogP contribution in [0.15, 0.2) is 78.9 Å². The predicted octanol–water partition coefficient (Wildman–Crippen LogP) is 6.08. The summed E-state index contributed by atoms with van der Waals surface area (Å²) in [5, 5.41) is 6.59. The standard InChI is InChI=1S/C29H30F3N3O/c30-29(31,32)19-35-16-14-25(15-17-35)33-27-18-26(27)22-10-12-24(13-11-22)34-28(36)23-8-6-21(7-9-23)20-4-2-1-3-5-20/h1-13,25-27,33H,14-19H2,(H,34,36)/t26-,27+/m0/s1. The number of nitrogens with zero attached hydrogens (tertiary/aromatic N) is 1. The zero-order valence-electron chi connectivity index (χ0n) is 20.0. The van der Waals surface area contributed by atoms with E-state index in [1.54, 1.807) is 0 Å². The summed E-state index contributed by atoms with van der Waals surface area (Å²) in [6, 6.07) is 26.2. The molecule has 0 aromatic heterocycles. The minimum atomic E-state index is -4.12. The SMILES string of the molecule is O=C(Nc1ccc([C@@H]2C[C@H]2NC2CCN(CC(F)(F)F)CC2)cc1)c1ccc(-c2ccccc2)cc1. The molecular weight excluding hydrogens is 463 g/mol. The predicted molar refractivity (Wildman–Crippen MR) is 136 cm³/mol. The van der Waals surface area contributed by atoms with Crippen molar-refractivity contribution in [3.63, 3.8) is 0 Å². The molecule has 1 aliphatic heterocycles. The zero-order chi connectivity index (χ0) is 25.1. The lowest BCUT2D eigenvalue weighted by atomic mass is 10.0. The van der Waals surface area contributed by atoms with Crippen molar-refractivity contribution in [3.8, 4) is 11.1 Å². The van der Waals surface area contributed by atoms with Gasteiger partial charge in [0.05, 0.1) is 6.54 Å². The van der Waals surface area contributed by atoms with Gasteiger partial charge < -0.3 is 10.6 Å². The minimum Gasteiger partial charge on any atom is -0.322 e. The van der Waals surface area contributed by atoms with Crippen LogP contribution in [0.1, 0.15) is 41.1 Å². The molecular formula is C29H30F3N3O.